The van der Waals surface area contributed by atoms with Gasteiger partial charge in [-0.2, -0.15) is 0 Å². The number of amides is 2. The number of carboxylic acids is 1. The zero-order valence-electron chi connectivity index (χ0n) is 16.0. The van der Waals surface area contributed by atoms with Gasteiger partial charge in [-0.15, -0.1) is 16.9 Å². The van der Waals surface area contributed by atoms with Crippen molar-refractivity contribution in [1.82, 2.24) is 30.8 Å². The van der Waals surface area contributed by atoms with Gasteiger partial charge in [0.25, 0.3) is 11.8 Å². The first kappa shape index (κ1) is 21.6. The van der Waals surface area contributed by atoms with E-state index in [2.05, 4.69) is 31.1 Å². The number of nitrogens with zero attached hydrogens (tertiary/aromatic N) is 5. The number of phenolic OH excluding ortho intramolecular Hbond substituents is 1. The van der Waals surface area contributed by atoms with E-state index in [0.717, 1.165) is 4.90 Å². The maximum absolute atomic E-state index is 12.7. The third kappa shape index (κ3) is 3.99. The molecule has 1 unspecified atom stereocenters. The lowest BCUT2D eigenvalue weighted by atomic mass is 10.0. The summed E-state index contributed by atoms with van der Waals surface area (Å²) in [5.74, 6) is -2.08. The van der Waals surface area contributed by atoms with E-state index < -0.39 is 29.2 Å². The highest BCUT2D eigenvalue weighted by atomic mass is 32.2. The molecule has 13 nitrogen and oxygen atoms in total. The van der Waals surface area contributed by atoms with E-state index >= 15 is 0 Å². The van der Waals surface area contributed by atoms with E-state index in [1.165, 1.54) is 47.8 Å². The first-order valence-corrected chi connectivity index (χ1v) is 11.0. The number of aromatic nitrogens is 4. The SMILES string of the molecule is O=C(O)C1=C(CSc2nnn[nH]2)CS[C@H]2C(NC(=O)C(=NO)c3ccc(O)cc3)C(=O)N12. The molecule has 2 amide bonds. The van der Waals surface area contributed by atoms with Crippen LogP contribution in [0.1, 0.15) is 5.56 Å². The number of H-pyrrole nitrogens is 1. The third-order valence-corrected chi connectivity index (χ3v) is 6.98. The van der Waals surface area contributed by atoms with Crippen LogP contribution in [0.25, 0.3) is 0 Å². The first-order chi connectivity index (χ1) is 15.4. The van der Waals surface area contributed by atoms with Crippen molar-refractivity contribution in [3.05, 3.63) is 41.1 Å². The number of thioether (sulfide) groups is 2. The van der Waals surface area contributed by atoms with Crippen LogP contribution < -0.4 is 5.32 Å². The molecule has 1 aromatic carbocycles. The number of rotatable bonds is 7. The highest BCUT2D eigenvalue weighted by Crippen LogP contribution is 2.41. The molecule has 0 saturated carbocycles. The number of fused-ring (bicyclic) bond motifs is 1. The van der Waals surface area contributed by atoms with Crippen molar-refractivity contribution >= 4 is 47.0 Å². The zero-order chi connectivity index (χ0) is 22.8. The van der Waals surface area contributed by atoms with Crippen LogP contribution in [-0.4, -0.2) is 87.4 Å². The summed E-state index contributed by atoms with van der Waals surface area (Å²) in [7, 11) is 0. The highest BCUT2D eigenvalue weighted by molar-refractivity contribution is 8.01. The molecule has 166 valence electrons. The van der Waals surface area contributed by atoms with Gasteiger partial charge in [-0.3, -0.25) is 14.5 Å². The molecule has 1 fully saturated rings. The summed E-state index contributed by atoms with van der Waals surface area (Å²) in [5, 5.41) is 46.8. The minimum Gasteiger partial charge on any atom is -0.508 e. The van der Waals surface area contributed by atoms with E-state index in [1.54, 1.807) is 0 Å². The second-order valence-corrected chi connectivity index (χ2v) is 8.68. The smallest absolute Gasteiger partial charge is 0.352 e. The van der Waals surface area contributed by atoms with Crippen molar-refractivity contribution < 1.29 is 29.8 Å². The number of phenols is 1. The number of nitrogens with one attached hydrogen (secondary N) is 2. The second kappa shape index (κ2) is 8.88. The summed E-state index contributed by atoms with van der Waals surface area (Å²) in [6.45, 7) is 0. The molecule has 2 atom stereocenters. The number of carbonyl (C=O) groups excluding carboxylic acids is 2. The molecule has 0 radical (unpaired) electrons. The minimum absolute atomic E-state index is 0.0311. The van der Waals surface area contributed by atoms with Crippen LogP contribution in [0.5, 0.6) is 5.75 Å². The molecule has 32 heavy (non-hydrogen) atoms. The highest BCUT2D eigenvalue weighted by Gasteiger charge is 2.54. The predicted molar refractivity (Wildman–Crippen MR) is 111 cm³/mol. The quantitative estimate of drug-likeness (QED) is 0.115. The number of β-lactam (4-membered cyclic amide) rings is 1. The second-order valence-electron chi connectivity index (χ2n) is 6.61. The van der Waals surface area contributed by atoms with Gasteiger partial charge in [-0.05, 0) is 40.3 Å². The number of tetrazole rings is 1. The normalized spacial score (nSPS) is 20.6. The summed E-state index contributed by atoms with van der Waals surface area (Å²) >= 11 is 2.51. The van der Waals surface area contributed by atoms with Gasteiger partial charge >= 0.3 is 5.97 Å². The van der Waals surface area contributed by atoms with Gasteiger partial charge in [0.1, 0.15) is 22.9 Å². The maximum Gasteiger partial charge on any atom is 0.352 e. The average Bonchev–Trinajstić information content (AvgIpc) is 3.30. The average molecular weight is 477 g/mol. The van der Waals surface area contributed by atoms with Gasteiger partial charge in [0.05, 0.1) is 0 Å². The topological polar surface area (TPSA) is 194 Å². The summed E-state index contributed by atoms with van der Waals surface area (Å²) < 4.78 is 0. The predicted octanol–water partition coefficient (Wildman–Crippen LogP) is -0.386. The van der Waals surface area contributed by atoms with E-state index in [-0.39, 0.29) is 28.5 Å². The molecule has 0 spiro atoms. The molecule has 15 heteroatoms. The number of aromatic hydroxyl groups is 1. The Balaban J connectivity index is 1.48. The van der Waals surface area contributed by atoms with Crippen LogP contribution in [0, 0.1) is 0 Å². The van der Waals surface area contributed by atoms with E-state index in [4.69, 9.17) is 0 Å². The van der Waals surface area contributed by atoms with Gasteiger partial charge in [0, 0.05) is 17.1 Å². The number of oxime groups is 1. The van der Waals surface area contributed by atoms with Crippen LogP contribution in [0.2, 0.25) is 0 Å². The van der Waals surface area contributed by atoms with Gasteiger partial charge < -0.3 is 20.7 Å². The van der Waals surface area contributed by atoms with Crippen LogP contribution in [-0.2, 0) is 14.4 Å². The lowest BCUT2D eigenvalue weighted by Gasteiger charge is -2.49. The molecule has 0 aliphatic carbocycles. The number of carbonyl (C=O) groups is 3. The van der Waals surface area contributed by atoms with Crippen LogP contribution >= 0.6 is 23.5 Å². The van der Waals surface area contributed by atoms with Gasteiger partial charge in [-0.1, -0.05) is 16.9 Å². The fourth-order valence-corrected chi connectivity index (χ4v) is 5.45. The summed E-state index contributed by atoms with van der Waals surface area (Å²) in [4.78, 5) is 38.4. The molecule has 2 aromatic rings. The van der Waals surface area contributed by atoms with Gasteiger partial charge in [0.15, 0.2) is 5.71 Å². The molecule has 1 aromatic heterocycles. The number of hydrogen-bond donors (Lipinski definition) is 5. The Kier molecular flexibility index (Phi) is 6.00. The Labute approximate surface area is 187 Å². The van der Waals surface area contributed by atoms with Crippen molar-refractivity contribution in [2.24, 2.45) is 5.16 Å². The summed E-state index contributed by atoms with van der Waals surface area (Å²) in [5.41, 5.74) is 0.290. The maximum atomic E-state index is 12.7. The fraction of sp³-hybridized carbons (Fsp3) is 0.235. The van der Waals surface area contributed by atoms with E-state index in [1.807, 2.05) is 0 Å². The molecule has 3 heterocycles. The Morgan fingerprint density at radius 2 is 2.09 bits per heavy atom. The van der Waals surface area contributed by atoms with Crippen molar-refractivity contribution in [2.75, 3.05) is 11.5 Å². The Hall–Kier alpha value is -3.59. The molecule has 1 saturated heterocycles. The van der Waals surface area contributed by atoms with Crippen LogP contribution in [0.3, 0.4) is 0 Å². The number of hydrogen-bond acceptors (Lipinski definition) is 11. The van der Waals surface area contributed by atoms with E-state index in [0.29, 0.717) is 16.5 Å². The standard InChI is InChI=1S/C17H15N7O6S2/c25-9-3-1-7(2-4-9)10(21-30)13(26)18-11-14(27)24-12(16(28)29)8(5-31-15(11)24)6-32-17-19-22-23-20-17/h1-4,11,15,25,30H,5-6H2,(H,18,26)(H,28,29)(H,19,20,22,23)/t11?,15-/m0/s1. The number of carboxylic acid groups (broad SMARTS) is 1. The van der Waals surface area contributed by atoms with Crippen molar-refractivity contribution in [3.63, 3.8) is 0 Å². The lowest BCUT2D eigenvalue weighted by molar-refractivity contribution is -0.150. The number of benzene rings is 1. The molecule has 5 N–H and O–H groups in total. The van der Waals surface area contributed by atoms with Crippen molar-refractivity contribution in [2.45, 2.75) is 16.6 Å². The van der Waals surface area contributed by atoms with Gasteiger partial charge in [-0.25, -0.2) is 9.89 Å². The van der Waals surface area contributed by atoms with Crippen LogP contribution in [0.4, 0.5) is 0 Å². The molecule has 4 rings (SSSR count). The van der Waals surface area contributed by atoms with Crippen LogP contribution in [0.15, 0.2) is 45.8 Å². The van der Waals surface area contributed by atoms with Crippen molar-refractivity contribution in [1.29, 1.82) is 0 Å². The Morgan fingerprint density at radius 1 is 1.34 bits per heavy atom. The monoisotopic (exact) mass is 477 g/mol. The minimum atomic E-state index is -1.25. The molecular weight excluding hydrogens is 462 g/mol. The number of aromatic amines is 1. The fourth-order valence-electron chi connectivity index (χ4n) is 3.22. The largest absolute Gasteiger partial charge is 0.508 e. The first-order valence-electron chi connectivity index (χ1n) is 8.99. The zero-order valence-corrected chi connectivity index (χ0v) is 17.6. The number of aliphatic carboxylic acids is 1. The Morgan fingerprint density at radius 3 is 2.72 bits per heavy atom. The molecule has 2 aliphatic heterocycles. The summed E-state index contributed by atoms with van der Waals surface area (Å²) in [6.07, 6.45) is 0. The van der Waals surface area contributed by atoms with Crippen molar-refractivity contribution in [3.8, 4) is 5.75 Å². The summed E-state index contributed by atoms with van der Waals surface area (Å²) in [6, 6.07) is 4.42. The van der Waals surface area contributed by atoms with Gasteiger partial charge in [0.2, 0.25) is 5.16 Å². The Bertz CT molecular complexity index is 1120. The molecular formula is C17H15N7O6S2. The third-order valence-electron chi connectivity index (χ3n) is 4.70. The molecule has 0 bridgehead atoms. The molecule has 2 aliphatic rings. The lowest BCUT2D eigenvalue weighted by Crippen LogP contribution is -2.71. The van der Waals surface area contributed by atoms with E-state index in [9.17, 15) is 29.8 Å².